The van der Waals surface area contributed by atoms with E-state index < -0.39 is 5.41 Å². The highest BCUT2D eigenvalue weighted by Gasteiger charge is 2.40. The molecular weight excluding hydrogens is 216 g/mol. The molecule has 0 radical (unpaired) electrons. The Morgan fingerprint density at radius 1 is 1.47 bits per heavy atom. The zero-order chi connectivity index (χ0) is 12.9. The number of hydrogen-bond donors (Lipinski definition) is 1. The Morgan fingerprint density at radius 3 is 2.35 bits per heavy atom. The smallest absolute Gasteiger partial charge is 0.240 e. The molecule has 4 heteroatoms. The van der Waals surface area contributed by atoms with E-state index in [1.807, 2.05) is 13.8 Å². The number of carbonyl (C=O) groups is 1. The highest BCUT2D eigenvalue weighted by atomic mass is 16.5. The highest BCUT2D eigenvalue weighted by molar-refractivity contribution is 5.85. The molecule has 1 saturated carbocycles. The third-order valence-corrected chi connectivity index (χ3v) is 4.12. The molecule has 0 unspecified atom stereocenters. The number of amides is 1. The van der Waals surface area contributed by atoms with Crippen LogP contribution in [0.5, 0.6) is 0 Å². The maximum atomic E-state index is 12.1. The minimum atomic E-state index is -0.876. The van der Waals surface area contributed by atoms with Gasteiger partial charge in [0.15, 0.2) is 0 Å². The summed E-state index contributed by atoms with van der Waals surface area (Å²) in [6.07, 6.45) is 4.22. The standard InChI is InChI=1S/C13H22N2O2/c1-4-12(5-2,9-14)11(16)15-10-13(17-3)7-6-8-13/h4-8,10H2,1-3H3,(H,15,16). The third-order valence-electron chi connectivity index (χ3n) is 4.12. The Balaban J connectivity index is 2.57. The molecule has 0 saturated heterocycles. The molecule has 0 spiro atoms. The minimum Gasteiger partial charge on any atom is -0.376 e. The maximum absolute atomic E-state index is 12.1. The Bertz CT molecular complexity index is 306. The molecule has 0 aromatic heterocycles. The lowest BCUT2D eigenvalue weighted by atomic mass is 9.79. The van der Waals surface area contributed by atoms with Crippen molar-refractivity contribution in [1.29, 1.82) is 5.26 Å². The summed E-state index contributed by atoms with van der Waals surface area (Å²) in [5, 5.41) is 12.0. The molecule has 0 heterocycles. The quantitative estimate of drug-likeness (QED) is 0.770. The van der Waals surface area contributed by atoms with Gasteiger partial charge < -0.3 is 10.1 Å². The SMILES string of the molecule is CCC(C#N)(CC)C(=O)NCC1(OC)CCC1. The topological polar surface area (TPSA) is 62.1 Å². The number of rotatable bonds is 6. The summed E-state index contributed by atoms with van der Waals surface area (Å²) in [4.78, 5) is 12.1. The van der Waals surface area contributed by atoms with Crippen LogP contribution in [-0.2, 0) is 9.53 Å². The van der Waals surface area contributed by atoms with Gasteiger partial charge in [0.25, 0.3) is 0 Å². The van der Waals surface area contributed by atoms with Gasteiger partial charge in [-0.15, -0.1) is 0 Å². The molecule has 1 rings (SSSR count). The van der Waals surface area contributed by atoms with Crippen LogP contribution in [0.15, 0.2) is 0 Å². The fourth-order valence-corrected chi connectivity index (χ4v) is 2.21. The Kier molecular flexibility index (Phi) is 4.53. The van der Waals surface area contributed by atoms with E-state index in [0.29, 0.717) is 19.4 Å². The second-order valence-electron chi connectivity index (χ2n) is 4.82. The van der Waals surface area contributed by atoms with Gasteiger partial charge in [0, 0.05) is 13.7 Å². The molecule has 96 valence electrons. The van der Waals surface area contributed by atoms with Crippen molar-refractivity contribution in [3.05, 3.63) is 0 Å². The number of ether oxygens (including phenoxy) is 1. The van der Waals surface area contributed by atoms with Gasteiger partial charge in [0.2, 0.25) is 5.91 Å². The predicted octanol–water partition coefficient (Wildman–Crippen LogP) is 2.00. The van der Waals surface area contributed by atoms with Crippen LogP contribution in [0.1, 0.15) is 46.0 Å². The first kappa shape index (κ1) is 14.0. The van der Waals surface area contributed by atoms with E-state index in [-0.39, 0.29) is 11.5 Å². The second-order valence-corrected chi connectivity index (χ2v) is 4.82. The fraction of sp³-hybridized carbons (Fsp3) is 0.846. The van der Waals surface area contributed by atoms with Gasteiger partial charge in [0.05, 0.1) is 11.7 Å². The lowest BCUT2D eigenvalue weighted by molar-refractivity contribution is -0.132. The summed E-state index contributed by atoms with van der Waals surface area (Å²) in [7, 11) is 1.68. The van der Waals surface area contributed by atoms with Crippen LogP contribution in [-0.4, -0.2) is 25.2 Å². The minimum absolute atomic E-state index is 0.159. The van der Waals surface area contributed by atoms with E-state index in [4.69, 9.17) is 10.00 Å². The van der Waals surface area contributed by atoms with Gasteiger partial charge in [-0.25, -0.2) is 0 Å². The van der Waals surface area contributed by atoms with Crippen molar-refractivity contribution in [2.45, 2.75) is 51.6 Å². The van der Waals surface area contributed by atoms with Gasteiger partial charge in [-0.05, 0) is 32.1 Å². The Labute approximate surface area is 103 Å². The van der Waals surface area contributed by atoms with Crippen molar-refractivity contribution in [2.75, 3.05) is 13.7 Å². The van der Waals surface area contributed by atoms with Crippen LogP contribution < -0.4 is 5.32 Å². The molecule has 0 bridgehead atoms. The van der Waals surface area contributed by atoms with Gasteiger partial charge in [-0.2, -0.15) is 5.26 Å². The van der Waals surface area contributed by atoms with Gasteiger partial charge in [-0.1, -0.05) is 13.8 Å². The maximum Gasteiger partial charge on any atom is 0.240 e. The van der Waals surface area contributed by atoms with Crippen molar-refractivity contribution >= 4 is 5.91 Å². The largest absolute Gasteiger partial charge is 0.376 e. The van der Waals surface area contributed by atoms with Crippen LogP contribution in [0.4, 0.5) is 0 Å². The van der Waals surface area contributed by atoms with Crippen molar-refractivity contribution in [1.82, 2.24) is 5.32 Å². The zero-order valence-electron chi connectivity index (χ0n) is 11.0. The molecule has 0 aromatic carbocycles. The summed E-state index contributed by atoms with van der Waals surface area (Å²) in [6, 6.07) is 2.15. The molecule has 0 aliphatic heterocycles. The summed E-state index contributed by atoms with van der Waals surface area (Å²) in [5.41, 5.74) is -1.06. The molecule has 1 aliphatic rings. The number of nitrogens with one attached hydrogen (secondary N) is 1. The van der Waals surface area contributed by atoms with Crippen molar-refractivity contribution in [3.8, 4) is 6.07 Å². The normalized spacial score (nSPS) is 18.0. The Hall–Kier alpha value is -1.08. The lowest BCUT2D eigenvalue weighted by Gasteiger charge is -2.41. The Morgan fingerprint density at radius 2 is 2.06 bits per heavy atom. The van der Waals surface area contributed by atoms with Crippen molar-refractivity contribution in [3.63, 3.8) is 0 Å². The average molecular weight is 238 g/mol. The van der Waals surface area contributed by atoms with Crippen LogP contribution in [0.3, 0.4) is 0 Å². The zero-order valence-corrected chi connectivity index (χ0v) is 11.0. The number of methoxy groups -OCH3 is 1. The summed E-state index contributed by atoms with van der Waals surface area (Å²) in [5.74, 6) is -0.159. The summed E-state index contributed by atoms with van der Waals surface area (Å²) < 4.78 is 5.44. The van der Waals surface area contributed by atoms with E-state index in [0.717, 1.165) is 19.3 Å². The second kappa shape index (κ2) is 5.50. The molecule has 1 amide bonds. The van der Waals surface area contributed by atoms with Crippen LogP contribution in [0.25, 0.3) is 0 Å². The van der Waals surface area contributed by atoms with Gasteiger partial charge in [0.1, 0.15) is 5.41 Å². The number of nitrogens with zero attached hydrogens (tertiary/aromatic N) is 1. The monoisotopic (exact) mass is 238 g/mol. The first-order chi connectivity index (χ1) is 8.08. The highest BCUT2D eigenvalue weighted by Crippen LogP contribution is 2.34. The molecule has 17 heavy (non-hydrogen) atoms. The van der Waals surface area contributed by atoms with Gasteiger partial charge in [-0.3, -0.25) is 4.79 Å². The van der Waals surface area contributed by atoms with Crippen LogP contribution in [0.2, 0.25) is 0 Å². The molecule has 1 N–H and O–H groups in total. The third kappa shape index (κ3) is 2.61. The van der Waals surface area contributed by atoms with E-state index in [9.17, 15) is 4.79 Å². The summed E-state index contributed by atoms with van der Waals surface area (Å²) >= 11 is 0. The lowest BCUT2D eigenvalue weighted by Crippen LogP contribution is -2.52. The van der Waals surface area contributed by atoms with Crippen molar-refractivity contribution in [2.24, 2.45) is 5.41 Å². The molecule has 0 atom stereocenters. The van der Waals surface area contributed by atoms with E-state index in [1.165, 1.54) is 0 Å². The summed E-state index contributed by atoms with van der Waals surface area (Å²) in [6.45, 7) is 4.27. The predicted molar refractivity (Wildman–Crippen MR) is 65.2 cm³/mol. The molecule has 0 aromatic rings. The van der Waals surface area contributed by atoms with Crippen LogP contribution in [0, 0.1) is 16.7 Å². The van der Waals surface area contributed by atoms with Gasteiger partial charge >= 0.3 is 0 Å². The molecule has 1 aliphatic carbocycles. The molecular formula is C13H22N2O2. The van der Waals surface area contributed by atoms with Crippen LogP contribution >= 0.6 is 0 Å². The first-order valence-corrected chi connectivity index (χ1v) is 6.33. The van der Waals surface area contributed by atoms with E-state index >= 15 is 0 Å². The number of carbonyl (C=O) groups excluding carboxylic acids is 1. The number of hydrogen-bond acceptors (Lipinski definition) is 3. The first-order valence-electron chi connectivity index (χ1n) is 6.33. The average Bonchev–Trinajstić information content (AvgIpc) is 2.31. The van der Waals surface area contributed by atoms with Crippen molar-refractivity contribution < 1.29 is 9.53 Å². The van der Waals surface area contributed by atoms with E-state index in [2.05, 4.69) is 11.4 Å². The molecule has 1 fully saturated rings. The number of nitriles is 1. The fourth-order valence-electron chi connectivity index (χ4n) is 2.21. The molecule has 4 nitrogen and oxygen atoms in total. The van der Waals surface area contributed by atoms with E-state index in [1.54, 1.807) is 7.11 Å².